The minimum Gasteiger partial charge on any atom is -0.399 e. The Bertz CT molecular complexity index is 1130. The molecule has 0 bridgehead atoms. The molecular weight excluding hydrogens is 377 g/mol. The monoisotopic (exact) mass is 393 g/mol. The van der Waals surface area contributed by atoms with Crippen molar-refractivity contribution in [2.45, 2.75) is 9.79 Å². The Morgan fingerprint density at radius 2 is 1.62 bits per heavy atom. The number of rotatable bonds is 4. The highest BCUT2D eigenvalue weighted by Crippen LogP contribution is 2.42. The lowest BCUT2D eigenvalue weighted by molar-refractivity contribution is 0.368. The number of nitrogen functional groups attached to an aromatic ring is 1. The number of benzene rings is 3. The zero-order valence-corrected chi connectivity index (χ0v) is 15.1. The second-order valence-corrected chi connectivity index (χ2v) is 8.97. The summed E-state index contributed by atoms with van der Waals surface area (Å²) in [6.07, 6.45) is 0. The van der Waals surface area contributed by atoms with E-state index in [2.05, 4.69) is 0 Å². The van der Waals surface area contributed by atoms with E-state index in [9.17, 15) is 22.8 Å². The number of nitrogens with two attached hydrogens (primary N) is 2. The van der Waals surface area contributed by atoms with Gasteiger partial charge in [0.25, 0.3) is 0 Å². The average molecular weight is 393 g/mol. The first kappa shape index (κ1) is 18.4. The van der Waals surface area contributed by atoms with Gasteiger partial charge in [-0.25, -0.2) is 23.6 Å². The Morgan fingerprint density at radius 3 is 2.23 bits per heavy atom. The fourth-order valence-electron chi connectivity index (χ4n) is 2.53. The van der Waals surface area contributed by atoms with Crippen molar-refractivity contribution >= 4 is 39.7 Å². The largest absolute Gasteiger partial charge is 0.444 e. The molecule has 3 aromatic rings. The molecule has 6 N–H and O–H groups in total. The third-order valence-corrected chi connectivity index (χ3v) is 6.47. The van der Waals surface area contributed by atoms with Crippen molar-refractivity contribution in [3.8, 4) is 0 Å². The first-order chi connectivity index (χ1) is 12.1. The standard InChI is InChI=1S/C16H16N3O5PS/c17-12-5-8-14(9-6-12)26(23,24)16-3-1-2-11-4-7-13(10-15(11)16)19(18)25(20,21)22/h1-10H,17-18H2,(H2,20,21,22). The van der Waals surface area contributed by atoms with Crippen LogP contribution in [0.4, 0.5) is 11.4 Å². The second-order valence-electron chi connectivity index (χ2n) is 5.59. The Balaban J connectivity index is 2.23. The molecule has 0 atom stereocenters. The van der Waals surface area contributed by atoms with Crippen molar-refractivity contribution in [2.75, 3.05) is 10.5 Å². The zero-order chi connectivity index (χ0) is 19.1. The van der Waals surface area contributed by atoms with E-state index in [0.29, 0.717) is 21.2 Å². The zero-order valence-electron chi connectivity index (χ0n) is 13.4. The summed E-state index contributed by atoms with van der Waals surface area (Å²) in [6, 6.07) is 14.8. The number of sulfone groups is 1. The molecule has 0 amide bonds. The fraction of sp³-hybridized carbons (Fsp3) is 0. The van der Waals surface area contributed by atoms with Crippen LogP contribution in [0.5, 0.6) is 0 Å². The summed E-state index contributed by atoms with van der Waals surface area (Å²) in [5, 5.41) is 0.884. The quantitative estimate of drug-likeness (QED) is 0.228. The van der Waals surface area contributed by atoms with Gasteiger partial charge in [0.05, 0.1) is 15.5 Å². The molecule has 0 aliphatic carbocycles. The Kier molecular flexibility index (Phi) is 4.51. The van der Waals surface area contributed by atoms with Gasteiger partial charge in [-0.05, 0) is 47.9 Å². The van der Waals surface area contributed by atoms with Crippen LogP contribution in [0.25, 0.3) is 10.8 Å². The Hall–Kier alpha value is -2.42. The molecule has 136 valence electrons. The lowest BCUT2D eigenvalue weighted by Gasteiger charge is -2.20. The molecule has 0 aliphatic heterocycles. The highest BCUT2D eigenvalue weighted by atomic mass is 32.2. The van der Waals surface area contributed by atoms with E-state index in [4.69, 9.17) is 11.6 Å². The van der Waals surface area contributed by atoms with Crippen LogP contribution in [-0.2, 0) is 14.4 Å². The van der Waals surface area contributed by atoms with Crippen LogP contribution in [-0.4, -0.2) is 18.2 Å². The number of hydrogen-bond donors (Lipinski definition) is 4. The lowest BCUT2D eigenvalue weighted by atomic mass is 10.1. The molecule has 0 radical (unpaired) electrons. The number of nitrogens with zero attached hydrogens (tertiary/aromatic N) is 1. The van der Waals surface area contributed by atoms with Crippen LogP contribution < -0.4 is 16.4 Å². The Labute approximate surface area is 149 Å². The third kappa shape index (κ3) is 3.31. The van der Waals surface area contributed by atoms with E-state index >= 15 is 0 Å². The summed E-state index contributed by atoms with van der Waals surface area (Å²) in [7, 11) is -8.60. The first-order valence-corrected chi connectivity index (χ1v) is 10.4. The third-order valence-electron chi connectivity index (χ3n) is 3.85. The van der Waals surface area contributed by atoms with Gasteiger partial charge in [0, 0.05) is 11.1 Å². The summed E-state index contributed by atoms with van der Waals surface area (Å²) in [4.78, 5) is 18.5. The van der Waals surface area contributed by atoms with Gasteiger partial charge in [0.2, 0.25) is 9.84 Å². The van der Waals surface area contributed by atoms with Crippen LogP contribution in [0.15, 0.2) is 70.5 Å². The smallest absolute Gasteiger partial charge is 0.399 e. The molecule has 10 heteroatoms. The second kappa shape index (κ2) is 6.39. The molecule has 0 aromatic heterocycles. The normalized spacial score (nSPS) is 12.3. The molecule has 3 rings (SSSR count). The van der Waals surface area contributed by atoms with Crippen molar-refractivity contribution in [2.24, 2.45) is 5.84 Å². The van der Waals surface area contributed by atoms with Crippen LogP contribution in [0, 0.1) is 0 Å². The van der Waals surface area contributed by atoms with Crippen molar-refractivity contribution in [3.05, 3.63) is 60.7 Å². The van der Waals surface area contributed by atoms with Crippen molar-refractivity contribution in [3.63, 3.8) is 0 Å². The van der Waals surface area contributed by atoms with Crippen LogP contribution in [0.1, 0.15) is 0 Å². The summed E-state index contributed by atoms with van der Waals surface area (Å²) in [6.45, 7) is 0. The highest BCUT2D eigenvalue weighted by molar-refractivity contribution is 7.91. The van der Waals surface area contributed by atoms with Crippen LogP contribution in [0.2, 0.25) is 0 Å². The number of hydrazine groups is 1. The molecule has 0 unspecified atom stereocenters. The van der Waals surface area contributed by atoms with E-state index < -0.39 is 17.6 Å². The SMILES string of the molecule is Nc1ccc(S(=O)(=O)c2cccc3ccc(N(N)P(=O)(O)O)cc23)cc1. The predicted molar refractivity (Wildman–Crippen MR) is 99.0 cm³/mol. The van der Waals surface area contributed by atoms with Gasteiger partial charge in [-0.3, -0.25) is 0 Å². The number of fused-ring (bicyclic) bond motifs is 1. The van der Waals surface area contributed by atoms with Crippen LogP contribution in [0.3, 0.4) is 0 Å². The molecule has 8 nitrogen and oxygen atoms in total. The molecule has 26 heavy (non-hydrogen) atoms. The molecule has 0 heterocycles. The van der Waals surface area contributed by atoms with Gasteiger partial charge in [0.15, 0.2) is 0 Å². The maximum atomic E-state index is 13.0. The Morgan fingerprint density at radius 1 is 0.962 bits per heavy atom. The van der Waals surface area contributed by atoms with Gasteiger partial charge in [-0.2, -0.15) is 0 Å². The molecule has 0 fully saturated rings. The maximum Gasteiger partial charge on any atom is 0.444 e. The lowest BCUT2D eigenvalue weighted by Crippen LogP contribution is -2.26. The van der Waals surface area contributed by atoms with Gasteiger partial charge < -0.3 is 15.5 Å². The van der Waals surface area contributed by atoms with Gasteiger partial charge in [-0.1, -0.05) is 18.2 Å². The van der Waals surface area contributed by atoms with Gasteiger partial charge in [-0.15, -0.1) is 0 Å². The molecule has 0 saturated carbocycles. The van der Waals surface area contributed by atoms with Crippen molar-refractivity contribution in [1.82, 2.24) is 0 Å². The van der Waals surface area contributed by atoms with Gasteiger partial charge in [0.1, 0.15) is 0 Å². The summed E-state index contributed by atoms with van der Waals surface area (Å²) >= 11 is 0. The molecule has 0 spiro atoms. The minimum atomic E-state index is -4.73. The van der Waals surface area contributed by atoms with E-state index in [1.54, 1.807) is 18.2 Å². The summed E-state index contributed by atoms with van der Waals surface area (Å²) in [5.41, 5.74) is 6.03. The molecule has 3 aromatic carbocycles. The van der Waals surface area contributed by atoms with E-state index in [1.165, 1.54) is 42.5 Å². The topological polar surface area (TPSA) is 147 Å². The van der Waals surface area contributed by atoms with Crippen molar-refractivity contribution < 1.29 is 22.8 Å². The number of hydrogen-bond acceptors (Lipinski definition) is 5. The van der Waals surface area contributed by atoms with Gasteiger partial charge >= 0.3 is 7.75 Å². The number of anilines is 2. The predicted octanol–water partition coefficient (Wildman–Crippen LogP) is 2.03. The summed E-state index contributed by atoms with van der Waals surface area (Å²) in [5.74, 6) is 5.46. The van der Waals surface area contributed by atoms with E-state index in [0.717, 1.165) is 0 Å². The minimum absolute atomic E-state index is 0.000679. The molecule has 0 aliphatic rings. The summed E-state index contributed by atoms with van der Waals surface area (Å²) < 4.78 is 37.7. The van der Waals surface area contributed by atoms with E-state index in [-0.39, 0.29) is 15.5 Å². The maximum absolute atomic E-state index is 13.0. The highest BCUT2D eigenvalue weighted by Gasteiger charge is 2.25. The fourth-order valence-corrected chi connectivity index (χ4v) is 4.43. The first-order valence-electron chi connectivity index (χ1n) is 7.35. The molecule has 0 saturated heterocycles. The average Bonchev–Trinajstić information content (AvgIpc) is 2.59. The van der Waals surface area contributed by atoms with E-state index in [1.807, 2.05) is 0 Å². The van der Waals surface area contributed by atoms with Crippen molar-refractivity contribution in [1.29, 1.82) is 0 Å². The molecular formula is C16H16N3O5PS. The van der Waals surface area contributed by atoms with Crippen LogP contribution >= 0.6 is 7.75 Å².